The van der Waals surface area contributed by atoms with E-state index >= 15 is 0 Å². The van der Waals surface area contributed by atoms with Crippen molar-refractivity contribution >= 4 is 22.6 Å². The molecule has 2 aromatic rings. The molecule has 3 N–H and O–H groups in total. The van der Waals surface area contributed by atoms with Crippen LogP contribution < -0.4 is 15.5 Å². The number of ether oxygens (including phenoxy) is 1. The van der Waals surface area contributed by atoms with E-state index in [0.717, 1.165) is 12.8 Å². The van der Waals surface area contributed by atoms with Crippen LogP contribution in [0, 0.1) is 5.92 Å². The molecule has 2 heterocycles. The lowest BCUT2D eigenvalue weighted by Crippen LogP contribution is -2.42. The number of H-pyrrole nitrogens is 1. The number of carbonyl (C=O) groups is 1. The molecule has 2 amide bonds. The minimum atomic E-state index is -0.292. The molecule has 0 bridgehead atoms. The van der Waals surface area contributed by atoms with Crippen molar-refractivity contribution in [1.29, 1.82) is 0 Å². The normalized spacial score (nSPS) is 15.5. The molecule has 0 saturated carbocycles. The molecule has 0 spiro atoms. The van der Waals surface area contributed by atoms with E-state index in [2.05, 4.69) is 10.3 Å². The number of para-hydroxylation sites is 1. The molecule has 1 saturated heterocycles. The number of pyridine rings is 1. The van der Waals surface area contributed by atoms with Crippen LogP contribution in [0.25, 0.3) is 10.9 Å². The fourth-order valence-corrected chi connectivity index (χ4v) is 3.00. The SMILES string of the molecule is COc1cccc2c(=O)c(NC(=O)N3CCC(CO)CC3)c[nH]c12. The second-order valence-corrected chi connectivity index (χ2v) is 5.96. The van der Waals surface area contributed by atoms with Gasteiger partial charge in [-0.2, -0.15) is 0 Å². The lowest BCUT2D eigenvalue weighted by atomic mass is 9.98. The number of carbonyl (C=O) groups excluding carboxylic acids is 1. The summed E-state index contributed by atoms with van der Waals surface area (Å²) in [6.07, 6.45) is 3.04. The first-order valence-corrected chi connectivity index (χ1v) is 7.99. The molecule has 0 unspecified atom stereocenters. The van der Waals surface area contributed by atoms with Crippen molar-refractivity contribution in [1.82, 2.24) is 9.88 Å². The first-order valence-electron chi connectivity index (χ1n) is 7.99. The van der Waals surface area contributed by atoms with Crippen molar-refractivity contribution in [3.05, 3.63) is 34.6 Å². The molecule has 7 heteroatoms. The number of amides is 2. The minimum absolute atomic E-state index is 0.154. The molecule has 7 nitrogen and oxygen atoms in total. The molecule has 1 aliphatic rings. The highest BCUT2D eigenvalue weighted by Crippen LogP contribution is 2.22. The highest BCUT2D eigenvalue weighted by Gasteiger charge is 2.23. The summed E-state index contributed by atoms with van der Waals surface area (Å²) in [6.45, 7) is 1.31. The second kappa shape index (κ2) is 6.92. The van der Waals surface area contributed by atoms with Crippen molar-refractivity contribution in [2.75, 3.05) is 32.1 Å². The smallest absolute Gasteiger partial charge is 0.321 e. The highest BCUT2D eigenvalue weighted by atomic mass is 16.5. The van der Waals surface area contributed by atoms with Crippen LogP contribution in [-0.4, -0.2) is 47.8 Å². The quantitative estimate of drug-likeness (QED) is 0.799. The number of anilines is 1. The number of nitrogens with zero attached hydrogens (tertiary/aromatic N) is 1. The van der Waals surface area contributed by atoms with E-state index < -0.39 is 0 Å². The molecule has 0 atom stereocenters. The molecule has 0 aliphatic carbocycles. The molecule has 1 aliphatic heterocycles. The van der Waals surface area contributed by atoms with E-state index in [0.29, 0.717) is 29.7 Å². The number of aromatic nitrogens is 1. The lowest BCUT2D eigenvalue weighted by molar-refractivity contribution is 0.143. The van der Waals surface area contributed by atoms with Crippen LogP contribution in [-0.2, 0) is 0 Å². The largest absolute Gasteiger partial charge is 0.495 e. The lowest BCUT2D eigenvalue weighted by Gasteiger charge is -2.31. The van der Waals surface area contributed by atoms with Crippen LogP contribution >= 0.6 is 0 Å². The fraction of sp³-hybridized carbons (Fsp3) is 0.412. The number of rotatable bonds is 3. The average Bonchev–Trinajstić information content (AvgIpc) is 2.63. The molecule has 1 aromatic heterocycles. The Morgan fingerprint density at radius 3 is 2.83 bits per heavy atom. The van der Waals surface area contributed by atoms with Crippen molar-refractivity contribution in [2.24, 2.45) is 5.92 Å². The summed E-state index contributed by atoms with van der Waals surface area (Å²) in [5, 5.41) is 12.3. The molecular weight excluding hydrogens is 310 g/mol. The van der Waals surface area contributed by atoms with E-state index in [1.807, 2.05) is 0 Å². The molecule has 1 fully saturated rings. The first kappa shape index (κ1) is 16.3. The third-order valence-electron chi connectivity index (χ3n) is 4.50. The van der Waals surface area contributed by atoms with E-state index in [4.69, 9.17) is 9.84 Å². The number of hydrogen-bond donors (Lipinski definition) is 3. The Kier molecular flexibility index (Phi) is 4.71. The summed E-state index contributed by atoms with van der Waals surface area (Å²) in [5.41, 5.74) is 0.568. The maximum Gasteiger partial charge on any atom is 0.321 e. The highest BCUT2D eigenvalue weighted by molar-refractivity contribution is 5.93. The maximum atomic E-state index is 12.6. The Bertz CT molecular complexity index is 794. The topological polar surface area (TPSA) is 94.7 Å². The number of nitrogens with one attached hydrogen (secondary N) is 2. The van der Waals surface area contributed by atoms with Gasteiger partial charge < -0.3 is 25.0 Å². The summed E-state index contributed by atoms with van der Waals surface area (Å²) < 4.78 is 5.23. The Labute approximate surface area is 139 Å². The van der Waals surface area contributed by atoms with Crippen LogP contribution in [0.3, 0.4) is 0 Å². The van der Waals surface area contributed by atoms with Gasteiger partial charge in [0, 0.05) is 25.9 Å². The number of methoxy groups -OCH3 is 1. The summed E-state index contributed by atoms with van der Waals surface area (Å²) in [4.78, 5) is 29.6. The molecule has 3 rings (SSSR count). The van der Waals surface area contributed by atoms with Gasteiger partial charge in [0.05, 0.1) is 18.0 Å². The minimum Gasteiger partial charge on any atom is -0.495 e. The molecular formula is C17H21N3O4. The average molecular weight is 331 g/mol. The Hall–Kier alpha value is -2.54. The van der Waals surface area contributed by atoms with E-state index in [9.17, 15) is 9.59 Å². The van der Waals surface area contributed by atoms with Crippen molar-refractivity contribution in [2.45, 2.75) is 12.8 Å². The number of fused-ring (bicyclic) bond motifs is 1. The van der Waals surface area contributed by atoms with E-state index in [1.54, 1.807) is 30.2 Å². The number of aromatic amines is 1. The summed E-state index contributed by atoms with van der Waals surface area (Å²) >= 11 is 0. The van der Waals surface area contributed by atoms with Crippen molar-refractivity contribution < 1.29 is 14.6 Å². The Balaban J connectivity index is 1.79. The fourth-order valence-electron chi connectivity index (χ4n) is 3.00. The summed E-state index contributed by atoms with van der Waals surface area (Å²) in [6, 6.07) is 4.90. The van der Waals surface area contributed by atoms with Gasteiger partial charge in [0.25, 0.3) is 0 Å². The zero-order valence-corrected chi connectivity index (χ0v) is 13.5. The van der Waals surface area contributed by atoms with E-state index in [1.165, 1.54) is 6.20 Å². The van der Waals surface area contributed by atoms with Crippen LogP contribution in [0.4, 0.5) is 10.5 Å². The van der Waals surface area contributed by atoms with Gasteiger partial charge >= 0.3 is 6.03 Å². The van der Waals surface area contributed by atoms with Crippen molar-refractivity contribution in [3.63, 3.8) is 0 Å². The third kappa shape index (κ3) is 3.07. The third-order valence-corrected chi connectivity index (χ3v) is 4.50. The van der Waals surface area contributed by atoms with Gasteiger partial charge in [-0.25, -0.2) is 4.79 Å². The zero-order chi connectivity index (χ0) is 17.1. The van der Waals surface area contributed by atoms with Crippen LogP contribution in [0.2, 0.25) is 0 Å². The summed E-state index contributed by atoms with van der Waals surface area (Å²) in [7, 11) is 1.54. The number of likely N-dealkylation sites (tertiary alicyclic amines) is 1. The van der Waals surface area contributed by atoms with Crippen LogP contribution in [0.1, 0.15) is 12.8 Å². The zero-order valence-electron chi connectivity index (χ0n) is 13.5. The number of benzene rings is 1. The molecule has 128 valence electrons. The van der Waals surface area contributed by atoms with Gasteiger partial charge in [-0.3, -0.25) is 4.79 Å². The number of hydrogen-bond acceptors (Lipinski definition) is 4. The predicted molar refractivity (Wildman–Crippen MR) is 91.5 cm³/mol. The first-order chi connectivity index (χ1) is 11.6. The van der Waals surface area contributed by atoms with Gasteiger partial charge in [-0.05, 0) is 30.9 Å². The number of urea groups is 1. The molecule has 24 heavy (non-hydrogen) atoms. The van der Waals surface area contributed by atoms with Crippen LogP contribution in [0.5, 0.6) is 5.75 Å². The van der Waals surface area contributed by atoms with Crippen LogP contribution in [0.15, 0.2) is 29.2 Å². The van der Waals surface area contributed by atoms with Gasteiger partial charge in [-0.1, -0.05) is 6.07 Å². The predicted octanol–water partition coefficient (Wildman–Crippen LogP) is 1.77. The number of aliphatic hydroxyl groups excluding tert-OH is 1. The second-order valence-electron chi connectivity index (χ2n) is 5.96. The van der Waals surface area contributed by atoms with Crippen molar-refractivity contribution in [3.8, 4) is 5.75 Å². The summed E-state index contributed by atoms with van der Waals surface area (Å²) in [5.74, 6) is 0.833. The van der Waals surface area contributed by atoms with Gasteiger partial charge in [0.2, 0.25) is 5.43 Å². The van der Waals surface area contributed by atoms with Gasteiger partial charge in [-0.15, -0.1) is 0 Å². The van der Waals surface area contributed by atoms with E-state index in [-0.39, 0.29) is 29.7 Å². The monoisotopic (exact) mass is 331 g/mol. The number of aliphatic hydroxyl groups is 1. The standard InChI is InChI=1S/C17H21N3O4/c1-24-14-4-2-3-12-15(14)18-9-13(16(12)22)19-17(23)20-7-5-11(10-21)6-8-20/h2-4,9,11,21H,5-8,10H2,1H3,(H,18,22)(H,19,23). The Morgan fingerprint density at radius 2 is 2.17 bits per heavy atom. The van der Waals surface area contributed by atoms with Gasteiger partial charge in [0.1, 0.15) is 11.4 Å². The Morgan fingerprint density at radius 1 is 1.42 bits per heavy atom. The number of piperidine rings is 1. The molecule has 1 aromatic carbocycles. The maximum absolute atomic E-state index is 12.6. The molecule has 0 radical (unpaired) electrons. The van der Waals surface area contributed by atoms with Gasteiger partial charge in [0.15, 0.2) is 0 Å².